The highest BCUT2D eigenvalue weighted by atomic mass is 32.1. The van der Waals surface area contributed by atoms with Gasteiger partial charge >= 0.3 is 0 Å². The van der Waals surface area contributed by atoms with Gasteiger partial charge in [-0.1, -0.05) is 32.6 Å². The van der Waals surface area contributed by atoms with E-state index >= 15 is 0 Å². The third-order valence-corrected chi connectivity index (χ3v) is 5.26. The molecule has 0 spiro atoms. The van der Waals surface area contributed by atoms with Crippen molar-refractivity contribution in [3.63, 3.8) is 0 Å². The first-order valence-electron chi connectivity index (χ1n) is 8.10. The Kier molecular flexibility index (Phi) is 8.43. The van der Waals surface area contributed by atoms with Gasteiger partial charge in [0, 0.05) is 6.54 Å². The summed E-state index contributed by atoms with van der Waals surface area (Å²) in [6.07, 6.45) is 9.75. The molecule has 1 aliphatic rings. The summed E-state index contributed by atoms with van der Waals surface area (Å²) >= 11 is 4.70. The second-order valence-corrected chi connectivity index (χ2v) is 6.91. The van der Waals surface area contributed by atoms with Gasteiger partial charge in [0.25, 0.3) is 0 Å². The quantitative estimate of drug-likeness (QED) is 0.539. The van der Waals surface area contributed by atoms with E-state index in [9.17, 15) is 0 Å². The van der Waals surface area contributed by atoms with E-state index in [-0.39, 0.29) is 0 Å². The summed E-state index contributed by atoms with van der Waals surface area (Å²) in [6.45, 7) is 7.19. The van der Waals surface area contributed by atoms with Crippen molar-refractivity contribution in [1.82, 2.24) is 9.80 Å². The van der Waals surface area contributed by atoms with Crippen LogP contribution in [-0.4, -0.2) is 55.8 Å². The number of hydrogen-bond donors (Lipinski definition) is 1. The molecule has 0 aromatic heterocycles. The first-order valence-corrected chi connectivity index (χ1v) is 8.73. The number of nitrogens with zero attached hydrogens (tertiary/aromatic N) is 2. The van der Waals surface area contributed by atoms with Gasteiger partial charge in [0.05, 0.1) is 0 Å². The summed E-state index contributed by atoms with van der Waals surface area (Å²) in [6, 6.07) is 0. The van der Waals surface area contributed by atoms with E-state index in [1.54, 1.807) is 0 Å². The fourth-order valence-corrected chi connectivity index (χ4v) is 3.69. The summed E-state index contributed by atoms with van der Waals surface area (Å²) in [5.74, 6) is 1.07. The van der Waals surface area contributed by atoms with Crippen LogP contribution in [0.1, 0.15) is 51.9 Å². The number of rotatable bonds is 8. The van der Waals surface area contributed by atoms with Crippen molar-refractivity contribution < 1.29 is 0 Å². The van der Waals surface area contributed by atoms with Gasteiger partial charge in [-0.3, -0.25) is 0 Å². The van der Waals surface area contributed by atoms with Crippen LogP contribution < -0.4 is 0 Å². The molecule has 0 amide bonds. The van der Waals surface area contributed by atoms with Gasteiger partial charge < -0.3 is 9.80 Å². The Hall–Kier alpha value is 0.270. The van der Waals surface area contributed by atoms with Gasteiger partial charge in [-0.2, -0.15) is 12.6 Å². The molecular weight excluding hydrogens is 252 g/mol. The van der Waals surface area contributed by atoms with E-state index in [0.717, 1.165) is 5.75 Å². The maximum absolute atomic E-state index is 4.70. The van der Waals surface area contributed by atoms with Gasteiger partial charge in [0.1, 0.15) is 0 Å². The topological polar surface area (TPSA) is 6.48 Å². The summed E-state index contributed by atoms with van der Waals surface area (Å²) in [7, 11) is 4.33. The predicted molar refractivity (Wildman–Crippen MR) is 89.3 cm³/mol. The van der Waals surface area contributed by atoms with Crippen LogP contribution in [-0.2, 0) is 0 Å². The zero-order chi connectivity index (χ0) is 14.1. The van der Waals surface area contributed by atoms with E-state index in [1.807, 2.05) is 0 Å². The summed E-state index contributed by atoms with van der Waals surface area (Å²) < 4.78 is 0. The van der Waals surface area contributed by atoms with Crippen molar-refractivity contribution in [2.45, 2.75) is 51.9 Å². The molecule has 3 heteroatoms. The molecule has 1 rings (SSSR count). The lowest BCUT2D eigenvalue weighted by atomic mass is 9.81. The molecule has 1 fully saturated rings. The average molecular weight is 287 g/mol. The van der Waals surface area contributed by atoms with E-state index in [1.165, 1.54) is 71.1 Å². The minimum absolute atomic E-state index is 0.494. The second-order valence-electron chi connectivity index (χ2n) is 6.60. The van der Waals surface area contributed by atoms with Crippen LogP contribution in [0.25, 0.3) is 0 Å². The lowest BCUT2D eigenvalue weighted by Gasteiger charge is -2.37. The number of thiol groups is 1. The zero-order valence-corrected chi connectivity index (χ0v) is 14.2. The molecule has 0 heterocycles. The third kappa shape index (κ3) is 6.50. The van der Waals surface area contributed by atoms with Crippen molar-refractivity contribution in [1.29, 1.82) is 0 Å². The summed E-state index contributed by atoms with van der Waals surface area (Å²) in [5, 5.41) is 0. The van der Waals surface area contributed by atoms with Gasteiger partial charge in [-0.15, -0.1) is 0 Å². The van der Waals surface area contributed by atoms with Crippen molar-refractivity contribution in [2.24, 2.45) is 5.41 Å². The van der Waals surface area contributed by atoms with Crippen LogP contribution in [0.5, 0.6) is 0 Å². The highest BCUT2D eigenvalue weighted by Crippen LogP contribution is 2.36. The Morgan fingerprint density at radius 1 is 1.00 bits per heavy atom. The fraction of sp³-hybridized carbons (Fsp3) is 1.00. The molecule has 0 unspecified atom stereocenters. The SMILES string of the molecule is CCN(CCCN(C)C)CC1(CS)CCCCCC1. The van der Waals surface area contributed by atoms with Crippen molar-refractivity contribution in [2.75, 3.05) is 46.0 Å². The second kappa shape index (κ2) is 9.25. The van der Waals surface area contributed by atoms with Crippen LogP contribution in [0.4, 0.5) is 0 Å². The van der Waals surface area contributed by atoms with Crippen molar-refractivity contribution in [3.8, 4) is 0 Å². The first-order chi connectivity index (χ1) is 9.12. The summed E-state index contributed by atoms with van der Waals surface area (Å²) in [4.78, 5) is 4.94. The van der Waals surface area contributed by atoms with E-state index in [4.69, 9.17) is 12.6 Å². The first kappa shape index (κ1) is 17.3. The molecule has 0 aromatic carbocycles. The molecule has 0 saturated heterocycles. The normalized spacial score (nSPS) is 19.9. The predicted octanol–water partition coefficient (Wildman–Crippen LogP) is 3.53. The molecule has 0 atom stereocenters. The number of hydrogen-bond acceptors (Lipinski definition) is 3. The van der Waals surface area contributed by atoms with E-state index in [2.05, 4.69) is 30.8 Å². The average Bonchev–Trinajstić information content (AvgIpc) is 2.63. The lowest BCUT2D eigenvalue weighted by Crippen LogP contribution is -2.40. The van der Waals surface area contributed by atoms with Crippen LogP contribution in [0.2, 0.25) is 0 Å². The Bertz CT molecular complexity index is 223. The smallest absolute Gasteiger partial charge is 0.00457 e. The van der Waals surface area contributed by atoms with Crippen molar-refractivity contribution >= 4 is 12.6 Å². The zero-order valence-electron chi connectivity index (χ0n) is 13.3. The molecule has 1 aliphatic carbocycles. The maximum atomic E-state index is 4.70. The standard InChI is InChI=1S/C16H34N2S/c1-4-18(13-9-12-17(2)3)14-16(15-19)10-7-5-6-8-11-16/h19H,4-15H2,1-3H3. The Morgan fingerprint density at radius 2 is 1.63 bits per heavy atom. The Balaban J connectivity index is 2.45. The monoisotopic (exact) mass is 286 g/mol. The third-order valence-electron chi connectivity index (χ3n) is 4.59. The largest absolute Gasteiger partial charge is 0.309 e. The molecule has 0 N–H and O–H groups in total. The molecule has 0 bridgehead atoms. The van der Waals surface area contributed by atoms with Gasteiger partial charge in [0.15, 0.2) is 0 Å². The Morgan fingerprint density at radius 3 is 2.11 bits per heavy atom. The van der Waals surface area contributed by atoms with Gasteiger partial charge in [0.2, 0.25) is 0 Å². The highest BCUT2D eigenvalue weighted by molar-refractivity contribution is 7.80. The highest BCUT2D eigenvalue weighted by Gasteiger charge is 2.31. The van der Waals surface area contributed by atoms with E-state index < -0.39 is 0 Å². The molecule has 19 heavy (non-hydrogen) atoms. The summed E-state index contributed by atoms with van der Waals surface area (Å²) in [5.41, 5.74) is 0.494. The van der Waals surface area contributed by atoms with Gasteiger partial charge in [-0.05, 0) is 64.2 Å². The molecular formula is C16H34N2S. The fourth-order valence-electron chi connectivity index (χ4n) is 3.28. The molecule has 2 nitrogen and oxygen atoms in total. The van der Waals surface area contributed by atoms with E-state index in [0.29, 0.717) is 5.41 Å². The van der Waals surface area contributed by atoms with Crippen LogP contribution in [0, 0.1) is 5.41 Å². The minimum atomic E-state index is 0.494. The van der Waals surface area contributed by atoms with Crippen LogP contribution >= 0.6 is 12.6 Å². The molecule has 114 valence electrons. The molecule has 0 aliphatic heterocycles. The van der Waals surface area contributed by atoms with Crippen LogP contribution in [0.15, 0.2) is 0 Å². The molecule has 1 saturated carbocycles. The lowest BCUT2D eigenvalue weighted by molar-refractivity contribution is 0.151. The molecule has 0 aromatic rings. The van der Waals surface area contributed by atoms with Crippen molar-refractivity contribution in [3.05, 3.63) is 0 Å². The van der Waals surface area contributed by atoms with Crippen LogP contribution in [0.3, 0.4) is 0 Å². The minimum Gasteiger partial charge on any atom is -0.309 e. The van der Waals surface area contributed by atoms with Gasteiger partial charge in [-0.25, -0.2) is 0 Å². The Labute approximate surface area is 126 Å². The molecule has 0 radical (unpaired) electrons. The maximum Gasteiger partial charge on any atom is 0.00457 e.